The number of fused-ring (bicyclic) bond motifs is 5. The normalized spacial score (nSPS) is 35.3. The van der Waals surface area contributed by atoms with E-state index < -0.39 is 0 Å². The topological polar surface area (TPSA) is 0 Å². The number of benzene rings is 1. The van der Waals surface area contributed by atoms with Crippen LogP contribution in [0.1, 0.15) is 64.9 Å². The molecule has 0 radical (unpaired) electrons. The van der Waals surface area contributed by atoms with Gasteiger partial charge in [-0.05, 0) is 68.6 Å². The van der Waals surface area contributed by atoms with Gasteiger partial charge in [-0.25, -0.2) is 0 Å². The minimum absolute atomic E-state index is 1.06. The van der Waals surface area contributed by atoms with Gasteiger partial charge in [0.05, 0.1) is 0 Å². The Bertz CT molecular complexity index is 376. The molecule has 21 heavy (non-hydrogen) atoms. The molecule has 118 valence electrons. The largest absolute Gasteiger partial charge is 0.0656 e. The Morgan fingerprint density at radius 1 is 0.857 bits per heavy atom. The van der Waals surface area contributed by atoms with Gasteiger partial charge in [0.15, 0.2) is 0 Å². The zero-order chi connectivity index (χ0) is 15.2. The molecule has 4 atom stereocenters. The second kappa shape index (κ2) is 8.01. The summed E-state index contributed by atoms with van der Waals surface area (Å²) >= 11 is 0. The lowest BCUT2D eigenvalue weighted by Gasteiger charge is -2.23. The molecule has 3 aliphatic rings. The first-order valence-corrected chi connectivity index (χ1v) is 9.17. The van der Waals surface area contributed by atoms with Gasteiger partial charge in [0, 0.05) is 0 Å². The molecule has 0 N–H and O–H groups in total. The highest BCUT2D eigenvalue weighted by Crippen LogP contribution is 2.59. The van der Waals surface area contributed by atoms with E-state index in [4.69, 9.17) is 0 Å². The standard InChI is InChI=1S/C11H18.C7H8.C3H8/c1-7-4-10-8-2-3-9(6-8)11(10)5-7;1-7-5-3-2-4-6-7;1-3-2/h7-11H,2-6H2,1H3;2-6H,1H3;3H2,1-2H3. The summed E-state index contributed by atoms with van der Waals surface area (Å²) < 4.78 is 0. The maximum Gasteiger partial charge on any atom is -0.0352 e. The molecular formula is C21H34. The van der Waals surface area contributed by atoms with Crippen LogP contribution in [0.25, 0.3) is 0 Å². The molecule has 3 fully saturated rings. The van der Waals surface area contributed by atoms with Crippen LogP contribution in [-0.4, -0.2) is 0 Å². The average Bonchev–Trinajstić information content (AvgIpc) is 3.13. The van der Waals surface area contributed by atoms with E-state index in [1.807, 2.05) is 18.2 Å². The molecule has 3 aliphatic carbocycles. The molecular weight excluding hydrogens is 252 g/mol. The molecule has 2 bridgehead atoms. The Hall–Kier alpha value is -0.780. The van der Waals surface area contributed by atoms with Crippen molar-refractivity contribution in [1.82, 2.24) is 0 Å². The highest BCUT2D eigenvalue weighted by atomic mass is 14.6. The quantitative estimate of drug-likeness (QED) is 0.511. The molecule has 0 aliphatic heterocycles. The third-order valence-corrected chi connectivity index (χ3v) is 5.56. The molecule has 0 saturated heterocycles. The SMILES string of the molecule is CC1CC2C3CCC(C3)C2C1.CCC.Cc1ccccc1. The number of aryl methyl sites for hydroxylation is 1. The molecule has 0 amide bonds. The number of rotatable bonds is 0. The van der Waals surface area contributed by atoms with E-state index >= 15 is 0 Å². The third-order valence-electron chi connectivity index (χ3n) is 5.56. The molecule has 1 aromatic rings. The Balaban J connectivity index is 0.000000140. The predicted molar refractivity (Wildman–Crippen MR) is 93.4 cm³/mol. The molecule has 0 spiro atoms. The first-order chi connectivity index (χ1) is 10.2. The van der Waals surface area contributed by atoms with E-state index in [-0.39, 0.29) is 0 Å². The maximum absolute atomic E-state index is 2.46. The lowest BCUT2D eigenvalue weighted by Crippen LogP contribution is -2.15. The molecule has 3 saturated carbocycles. The van der Waals surface area contributed by atoms with Crippen LogP contribution in [0.5, 0.6) is 0 Å². The van der Waals surface area contributed by atoms with Crippen molar-refractivity contribution in [2.75, 3.05) is 0 Å². The Kier molecular flexibility index (Phi) is 6.33. The van der Waals surface area contributed by atoms with Gasteiger partial charge in [-0.3, -0.25) is 0 Å². The van der Waals surface area contributed by atoms with Crippen LogP contribution in [-0.2, 0) is 0 Å². The smallest absolute Gasteiger partial charge is 0.0352 e. The Morgan fingerprint density at radius 2 is 1.33 bits per heavy atom. The van der Waals surface area contributed by atoms with E-state index in [0.717, 1.165) is 5.92 Å². The Morgan fingerprint density at radius 3 is 1.71 bits per heavy atom. The number of hydrogen-bond acceptors (Lipinski definition) is 0. The van der Waals surface area contributed by atoms with Crippen LogP contribution in [0.3, 0.4) is 0 Å². The summed E-state index contributed by atoms with van der Waals surface area (Å²) in [5.74, 6) is 5.78. The number of hydrogen-bond donors (Lipinski definition) is 0. The van der Waals surface area contributed by atoms with E-state index in [1.165, 1.54) is 35.7 Å². The van der Waals surface area contributed by atoms with E-state index in [1.54, 1.807) is 32.1 Å². The molecule has 1 aromatic carbocycles. The highest BCUT2D eigenvalue weighted by molar-refractivity contribution is 5.11. The molecule has 0 nitrogen and oxygen atoms in total. The van der Waals surface area contributed by atoms with Crippen molar-refractivity contribution in [3.05, 3.63) is 35.9 Å². The van der Waals surface area contributed by atoms with Gasteiger partial charge < -0.3 is 0 Å². The van der Waals surface area contributed by atoms with Crippen LogP contribution < -0.4 is 0 Å². The van der Waals surface area contributed by atoms with E-state index in [9.17, 15) is 0 Å². The fourth-order valence-corrected chi connectivity index (χ4v) is 4.82. The van der Waals surface area contributed by atoms with Crippen molar-refractivity contribution in [2.45, 2.75) is 66.2 Å². The van der Waals surface area contributed by atoms with Gasteiger partial charge in [-0.2, -0.15) is 0 Å². The molecule has 4 rings (SSSR count). The molecule has 0 heterocycles. The summed E-state index contributed by atoms with van der Waals surface area (Å²) in [5.41, 5.74) is 1.32. The van der Waals surface area contributed by atoms with E-state index in [2.05, 4.69) is 39.8 Å². The average molecular weight is 287 g/mol. The predicted octanol–water partition coefficient (Wildman–Crippen LogP) is 6.49. The van der Waals surface area contributed by atoms with Gasteiger partial charge in [-0.1, -0.05) is 63.1 Å². The second-order valence-electron chi connectivity index (χ2n) is 7.60. The van der Waals surface area contributed by atoms with Crippen LogP contribution in [0.15, 0.2) is 30.3 Å². The summed E-state index contributed by atoms with van der Waals surface area (Å²) in [5, 5.41) is 0. The van der Waals surface area contributed by atoms with Crippen LogP contribution in [0, 0.1) is 36.5 Å². The van der Waals surface area contributed by atoms with Crippen molar-refractivity contribution < 1.29 is 0 Å². The van der Waals surface area contributed by atoms with Crippen molar-refractivity contribution in [2.24, 2.45) is 29.6 Å². The minimum atomic E-state index is 1.06. The first kappa shape index (κ1) is 16.6. The zero-order valence-electron chi connectivity index (χ0n) is 14.5. The fourth-order valence-electron chi connectivity index (χ4n) is 4.82. The summed E-state index contributed by atoms with van der Waals surface area (Å²) in [4.78, 5) is 0. The summed E-state index contributed by atoms with van der Waals surface area (Å²) in [6, 6.07) is 10.3. The maximum atomic E-state index is 2.46. The van der Waals surface area contributed by atoms with Gasteiger partial charge in [0.25, 0.3) is 0 Å². The summed E-state index contributed by atoms with van der Waals surface area (Å²) in [6.07, 6.45) is 9.18. The monoisotopic (exact) mass is 286 g/mol. The van der Waals surface area contributed by atoms with Crippen molar-refractivity contribution in [3.8, 4) is 0 Å². The van der Waals surface area contributed by atoms with Gasteiger partial charge in [-0.15, -0.1) is 0 Å². The van der Waals surface area contributed by atoms with Crippen LogP contribution in [0.2, 0.25) is 0 Å². The molecule has 4 unspecified atom stereocenters. The Labute approximate surface area is 132 Å². The minimum Gasteiger partial charge on any atom is -0.0656 e. The van der Waals surface area contributed by atoms with E-state index in [0.29, 0.717) is 0 Å². The van der Waals surface area contributed by atoms with Crippen molar-refractivity contribution >= 4 is 0 Å². The second-order valence-corrected chi connectivity index (χ2v) is 7.60. The lowest BCUT2D eigenvalue weighted by atomic mass is 9.82. The molecule has 0 heteroatoms. The lowest BCUT2D eigenvalue weighted by molar-refractivity contribution is 0.259. The molecule has 0 aromatic heterocycles. The zero-order valence-corrected chi connectivity index (χ0v) is 14.5. The van der Waals surface area contributed by atoms with Crippen molar-refractivity contribution in [3.63, 3.8) is 0 Å². The third kappa shape index (κ3) is 4.34. The van der Waals surface area contributed by atoms with Gasteiger partial charge in [0.1, 0.15) is 0 Å². The van der Waals surface area contributed by atoms with Crippen molar-refractivity contribution in [1.29, 1.82) is 0 Å². The first-order valence-electron chi connectivity index (χ1n) is 9.17. The summed E-state index contributed by atoms with van der Waals surface area (Å²) in [7, 11) is 0. The van der Waals surface area contributed by atoms with Gasteiger partial charge >= 0.3 is 0 Å². The highest BCUT2D eigenvalue weighted by Gasteiger charge is 2.50. The van der Waals surface area contributed by atoms with Crippen LogP contribution >= 0.6 is 0 Å². The summed E-state index contributed by atoms with van der Waals surface area (Å²) in [6.45, 7) is 8.79. The van der Waals surface area contributed by atoms with Crippen LogP contribution in [0.4, 0.5) is 0 Å². The fraction of sp³-hybridized carbons (Fsp3) is 0.714. The van der Waals surface area contributed by atoms with Gasteiger partial charge in [0.2, 0.25) is 0 Å².